The first-order chi connectivity index (χ1) is 13.6. The fraction of sp³-hybridized carbons (Fsp3) is 0.130. The molecule has 0 fully saturated rings. The van der Waals surface area contributed by atoms with Crippen molar-refractivity contribution in [2.75, 3.05) is 6.61 Å². The summed E-state index contributed by atoms with van der Waals surface area (Å²) in [6.07, 6.45) is 0. The van der Waals surface area contributed by atoms with E-state index in [9.17, 15) is 9.59 Å². The van der Waals surface area contributed by atoms with Crippen LogP contribution in [0.2, 0.25) is 0 Å². The second-order valence-corrected chi connectivity index (χ2v) is 6.58. The number of carbonyl (C=O) groups excluding carboxylic acids is 2. The Hall–Kier alpha value is -3.60. The predicted octanol–water partition coefficient (Wildman–Crippen LogP) is 4.62. The lowest BCUT2D eigenvalue weighted by molar-refractivity contribution is -0.125. The van der Waals surface area contributed by atoms with Gasteiger partial charge >= 0.3 is 5.97 Å². The minimum atomic E-state index is -0.525. The first-order valence-corrected chi connectivity index (χ1v) is 9.04. The Morgan fingerprint density at radius 2 is 1.68 bits per heavy atom. The molecule has 3 aromatic carbocycles. The van der Waals surface area contributed by atoms with E-state index in [4.69, 9.17) is 9.15 Å². The van der Waals surface area contributed by atoms with Crippen molar-refractivity contribution in [2.45, 2.75) is 13.0 Å². The maximum Gasteiger partial charge on any atom is 0.339 e. The molecule has 0 radical (unpaired) electrons. The highest BCUT2D eigenvalue weighted by atomic mass is 16.5. The molecule has 0 aliphatic heterocycles. The largest absolute Gasteiger partial charge is 0.459 e. The summed E-state index contributed by atoms with van der Waals surface area (Å²) in [4.78, 5) is 24.6. The van der Waals surface area contributed by atoms with Gasteiger partial charge in [0.25, 0.3) is 5.91 Å². The molecule has 140 valence electrons. The Bertz CT molecular complexity index is 1120. The molecule has 0 spiro atoms. The zero-order valence-corrected chi connectivity index (χ0v) is 15.3. The molecule has 0 saturated carbocycles. The van der Waals surface area contributed by atoms with Crippen LogP contribution in [-0.4, -0.2) is 18.5 Å². The van der Waals surface area contributed by atoms with Crippen molar-refractivity contribution in [3.05, 3.63) is 84.1 Å². The molecule has 1 heterocycles. The summed E-state index contributed by atoms with van der Waals surface area (Å²) < 4.78 is 11.0. The van der Waals surface area contributed by atoms with E-state index in [0.29, 0.717) is 11.3 Å². The lowest BCUT2D eigenvalue weighted by atomic mass is 10.1. The quantitative estimate of drug-likeness (QED) is 0.518. The second kappa shape index (κ2) is 7.56. The van der Waals surface area contributed by atoms with Crippen LogP contribution in [0.1, 0.15) is 29.1 Å². The molecule has 28 heavy (non-hydrogen) atoms. The highest BCUT2D eigenvalue weighted by molar-refractivity contribution is 6.04. The average Bonchev–Trinajstić information content (AvgIpc) is 3.16. The molecule has 1 amide bonds. The van der Waals surface area contributed by atoms with E-state index in [1.54, 1.807) is 12.1 Å². The van der Waals surface area contributed by atoms with Crippen molar-refractivity contribution in [3.8, 4) is 0 Å². The highest BCUT2D eigenvalue weighted by Gasteiger charge is 2.17. The van der Waals surface area contributed by atoms with Gasteiger partial charge in [-0.15, -0.1) is 0 Å². The van der Waals surface area contributed by atoms with Gasteiger partial charge in [0.1, 0.15) is 11.3 Å². The molecule has 0 aliphatic rings. The summed E-state index contributed by atoms with van der Waals surface area (Å²) in [5.41, 5.74) is 1.21. The SMILES string of the molecule is C[C@H](NC(=O)COC(=O)c1cccc2ccccc12)c1cc2ccccc2o1. The van der Waals surface area contributed by atoms with Crippen LogP contribution in [-0.2, 0) is 9.53 Å². The van der Waals surface area contributed by atoms with Gasteiger partial charge in [0.15, 0.2) is 6.61 Å². The molecule has 1 N–H and O–H groups in total. The Labute approximate surface area is 161 Å². The van der Waals surface area contributed by atoms with Gasteiger partial charge in [0, 0.05) is 5.39 Å². The number of hydrogen-bond donors (Lipinski definition) is 1. The zero-order chi connectivity index (χ0) is 19.5. The van der Waals surface area contributed by atoms with E-state index in [-0.39, 0.29) is 18.6 Å². The number of para-hydroxylation sites is 1. The minimum Gasteiger partial charge on any atom is -0.459 e. The number of amides is 1. The Kier molecular flexibility index (Phi) is 4.81. The number of rotatable bonds is 5. The smallest absolute Gasteiger partial charge is 0.339 e. The van der Waals surface area contributed by atoms with Crippen molar-refractivity contribution in [3.63, 3.8) is 0 Å². The fourth-order valence-electron chi connectivity index (χ4n) is 3.18. The maximum atomic E-state index is 12.4. The van der Waals surface area contributed by atoms with E-state index in [1.165, 1.54) is 0 Å². The van der Waals surface area contributed by atoms with Gasteiger partial charge in [-0.1, -0.05) is 54.6 Å². The van der Waals surface area contributed by atoms with Gasteiger partial charge in [0.05, 0.1) is 11.6 Å². The lowest BCUT2D eigenvalue weighted by Crippen LogP contribution is -2.31. The number of carbonyl (C=O) groups is 2. The van der Waals surface area contributed by atoms with E-state index in [0.717, 1.165) is 21.7 Å². The number of benzene rings is 3. The van der Waals surface area contributed by atoms with Crippen molar-refractivity contribution < 1.29 is 18.7 Å². The minimum absolute atomic E-state index is 0.337. The third-order valence-electron chi connectivity index (χ3n) is 4.59. The maximum absolute atomic E-state index is 12.4. The number of furan rings is 1. The van der Waals surface area contributed by atoms with E-state index in [1.807, 2.05) is 67.6 Å². The fourth-order valence-corrected chi connectivity index (χ4v) is 3.18. The number of fused-ring (bicyclic) bond motifs is 2. The molecule has 0 saturated heterocycles. The van der Waals surface area contributed by atoms with Crippen LogP contribution in [0.15, 0.2) is 77.2 Å². The predicted molar refractivity (Wildman–Crippen MR) is 107 cm³/mol. The Balaban J connectivity index is 1.39. The van der Waals surface area contributed by atoms with E-state index < -0.39 is 5.97 Å². The van der Waals surface area contributed by atoms with Gasteiger partial charge < -0.3 is 14.5 Å². The molecule has 0 bridgehead atoms. The lowest BCUT2D eigenvalue weighted by Gasteiger charge is -2.12. The van der Waals surface area contributed by atoms with Gasteiger partial charge in [0.2, 0.25) is 0 Å². The molecule has 4 rings (SSSR count). The topological polar surface area (TPSA) is 68.5 Å². The Morgan fingerprint density at radius 1 is 0.964 bits per heavy atom. The molecule has 1 atom stereocenters. The van der Waals surface area contributed by atoms with Crippen LogP contribution in [0.25, 0.3) is 21.7 Å². The molecule has 5 heteroatoms. The highest BCUT2D eigenvalue weighted by Crippen LogP contribution is 2.23. The number of esters is 1. The van der Waals surface area contributed by atoms with Crippen LogP contribution in [0, 0.1) is 0 Å². The standard InChI is InChI=1S/C23H19NO4/c1-15(21-13-17-8-3-5-12-20(17)28-21)24-22(25)14-27-23(26)19-11-6-9-16-7-2-4-10-18(16)19/h2-13,15H,14H2,1H3,(H,24,25)/t15-/m0/s1. The molecule has 0 unspecified atom stereocenters. The molecular weight excluding hydrogens is 354 g/mol. The summed E-state index contributed by atoms with van der Waals surface area (Å²) >= 11 is 0. The molecular formula is C23H19NO4. The third-order valence-corrected chi connectivity index (χ3v) is 4.59. The second-order valence-electron chi connectivity index (χ2n) is 6.58. The molecule has 5 nitrogen and oxygen atoms in total. The molecule has 1 aromatic heterocycles. The van der Waals surface area contributed by atoms with Crippen LogP contribution in [0.5, 0.6) is 0 Å². The average molecular weight is 373 g/mol. The van der Waals surface area contributed by atoms with Crippen LogP contribution in [0.3, 0.4) is 0 Å². The third kappa shape index (κ3) is 3.60. The summed E-state index contributed by atoms with van der Waals surface area (Å²) in [5.74, 6) is -0.264. The summed E-state index contributed by atoms with van der Waals surface area (Å²) in [6, 6.07) is 22.2. The van der Waals surface area contributed by atoms with Crippen molar-refractivity contribution >= 4 is 33.6 Å². The molecule has 4 aromatic rings. The van der Waals surface area contributed by atoms with Crippen LogP contribution in [0.4, 0.5) is 0 Å². The summed E-state index contributed by atoms with van der Waals surface area (Å²) in [6.45, 7) is 1.47. The van der Waals surface area contributed by atoms with Gasteiger partial charge in [-0.3, -0.25) is 4.79 Å². The number of nitrogens with one attached hydrogen (secondary N) is 1. The van der Waals surface area contributed by atoms with Crippen molar-refractivity contribution in [1.29, 1.82) is 0 Å². The Morgan fingerprint density at radius 3 is 2.50 bits per heavy atom. The summed E-state index contributed by atoms with van der Waals surface area (Å²) in [5, 5.41) is 5.51. The van der Waals surface area contributed by atoms with E-state index >= 15 is 0 Å². The van der Waals surface area contributed by atoms with Crippen molar-refractivity contribution in [2.24, 2.45) is 0 Å². The van der Waals surface area contributed by atoms with Gasteiger partial charge in [-0.05, 0) is 35.9 Å². The number of ether oxygens (including phenoxy) is 1. The van der Waals surface area contributed by atoms with Crippen molar-refractivity contribution in [1.82, 2.24) is 5.32 Å². The molecule has 0 aliphatic carbocycles. The number of hydrogen-bond acceptors (Lipinski definition) is 4. The first kappa shape index (κ1) is 17.8. The van der Waals surface area contributed by atoms with Crippen LogP contribution >= 0.6 is 0 Å². The zero-order valence-electron chi connectivity index (χ0n) is 15.3. The van der Waals surface area contributed by atoms with Crippen LogP contribution < -0.4 is 5.32 Å². The normalized spacial score (nSPS) is 12.0. The summed E-state index contributed by atoms with van der Waals surface area (Å²) in [7, 11) is 0. The van der Waals surface area contributed by atoms with E-state index in [2.05, 4.69) is 5.32 Å². The van der Waals surface area contributed by atoms with Gasteiger partial charge in [-0.25, -0.2) is 4.79 Å². The monoisotopic (exact) mass is 373 g/mol. The van der Waals surface area contributed by atoms with Gasteiger partial charge in [-0.2, -0.15) is 0 Å². The first-order valence-electron chi connectivity index (χ1n) is 9.04.